The van der Waals surface area contributed by atoms with Crippen molar-refractivity contribution in [2.45, 2.75) is 25.8 Å². The van der Waals surface area contributed by atoms with Crippen molar-refractivity contribution in [1.29, 1.82) is 0 Å². The first-order valence-corrected chi connectivity index (χ1v) is 5.72. The van der Waals surface area contributed by atoms with Crippen LogP contribution in [0.2, 0.25) is 0 Å². The maximum absolute atomic E-state index is 11.5. The number of aliphatic hydroxyl groups excluding tert-OH is 1. The van der Waals surface area contributed by atoms with Crippen LogP contribution in [0.25, 0.3) is 0 Å². The monoisotopic (exact) mass is 251 g/mol. The van der Waals surface area contributed by atoms with Gasteiger partial charge < -0.3 is 15.5 Å². The molecule has 1 aromatic rings. The summed E-state index contributed by atoms with van der Waals surface area (Å²) in [6.07, 6.45) is 0.755. The number of benzene rings is 1. The van der Waals surface area contributed by atoms with Crippen molar-refractivity contribution >= 4 is 11.9 Å². The van der Waals surface area contributed by atoms with Gasteiger partial charge in [-0.1, -0.05) is 24.3 Å². The van der Waals surface area contributed by atoms with Gasteiger partial charge in [0, 0.05) is 6.42 Å². The number of carboxylic acids is 1. The van der Waals surface area contributed by atoms with Crippen LogP contribution in [0.3, 0.4) is 0 Å². The van der Waals surface area contributed by atoms with Crippen LogP contribution in [-0.4, -0.2) is 34.7 Å². The minimum atomic E-state index is -1.23. The van der Waals surface area contributed by atoms with Crippen LogP contribution in [-0.2, 0) is 16.0 Å². The van der Waals surface area contributed by atoms with Gasteiger partial charge in [-0.05, 0) is 24.5 Å². The molecule has 0 spiro atoms. The molecule has 1 rings (SSSR count). The van der Waals surface area contributed by atoms with Gasteiger partial charge >= 0.3 is 5.97 Å². The molecule has 0 heterocycles. The third-order valence-electron chi connectivity index (χ3n) is 2.70. The molecule has 0 radical (unpaired) electrons. The zero-order valence-corrected chi connectivity index (χ0v) is 10.2. The Bertz CT molecular complexity index is 431. The molecular weight excluding hydrogens is 234 g/mol. The highest BCUT2D eigenvalue weighted by Crippen LogP contribution is 2.09. The molecule has 0 bridgehead atoms. The van der Waals surface area contributed by atoms with E-state index in [9.17, 15) is 9.59 Å². The summed E-state index contributed by atoms with van der Waals surface area (Å²) >= 11 is 0. The van der Waals surface area contributed by atoms with Crippen LogP contribution in [0.15, 0.2) is 24.3 Å². The molecule has 5 heteroatoms. The number of hydrogen-bond donors (Lipinski definition) is 3. The summed E-state index contributed by atoms with van der Waals surface area (Å²) in [6.45, 7) is 1.35. The fourth-order valence-corrected chi connectivity index (χ4v) is 1.59. The van der Waals surface area contributed by atoms with Gasteiger partial charge in [0.25, 0.3) is 0 Å². The van der Waals surface area contributed by atoms with Crippen molar-refractivity contribution in [3.05, 3.63) is 35.4 Å². The summed E-state index contributed by atoms with van der Waals surface area (Å²) in [7, 11) is 0. The van der Waals surface area contributed by atoms with E-state index in [1.165, 1.54) is 0 Å². The minimum Gasteiger partial charge on any atom is -0.480 e. The Morgan fingerprint density at radius 3 is 2.56 bits per heavy atom. The zero-order valence-electron chi connectivity index (χ0n) is 10.2. The van der Waals surface area contributed by atoms with Crippen molar-refractivity contribution in [1.82, 2.24) is 5.32 Å². The van der Waals surface area contributed by atoms with E-state index in [2.05, 4.69) is 5.32 Å². The van der Waals surface area contributed by atoms with Gasteiger partial charge in [0.15, 0.2) is 0 Å². The van der Waals surface area contributed by atoms with Crippen LogP contribution in [0.1, 0.15) is 17.5 Å². The largest absolute Gasteiger partial charge is 0.480 e. The van der Waals surface area contributed by atoms with Gasteiger partial charge in [0.2, 0.25) is 5.91 Å². The van der Waals surface area contributed by atoms with Crippen molar-refractivity contribution in [3.63, 3.8) is 0 Å². The lowest BCUT2D eigenvalue weighted by atomic mass is 10.0. The Hall–Kier alpha value is -1.88. The average Bonchev–Trinajstić information content (AvgIpc) is 2.34. The Balaban J connectivity index is 2.47. The second-order valence-electron chi connectivity index (χ2n) is 4.07. The number of aliphatic hydroxyl groups is 1. The summed E-state index contributed by atoms with van der Waals surface area (Å²) < 4.78 is 0. The molecule has 0 saturated heterocycles. The smallest absolute Gasteiger partial charge is 0.328 e. The highest BCUT2D eigenvalue weighted by molar-refractivity contribution is 5.83. The molecule has 98 valence electrons. The fraction of sp³-hybridized carbons (Fsp3) is 0.385. The Morgan fingerprint density at radius 1 is 1.33 bits per heavy atom. The molecule has 0 aliphatic heterocycles. The summed E-state index contributed by atoms with van der Waals surface area (Å²) in [5.74, 6) is -1.61. The molecule has 0 aliphatic rings. The lowest BCUT2D eigenvalue weighted by Gasteiger charge is -2.11. The number of rotatable bonds is 6. The number of nitrogens with one attached hydrogen (secondary N) is 1. The van der Waals surface area contributed by atoms with Crippen LogP contribution in [0.4, 0.5) is 0 Å². The van der Waals surface area contributed by atoms with E-state index < -0.39 is 18.6 Å². The lowest BCUT2D eigenvalue weighted by Crippen LogP contribution is -2.43. The van der Waals surface area contributed by atoms with Gasteiger partial charge in [0.1, 0.15) is 6.04 Å². The Kier molecular flexibility index (Phi) is 5.32. The third kappa shape index (κ3) is 4.18. The standard InChI is InChI=1S/C13H17NO4/c1-9-4-2-3-5-10(9)6-7-12(16)14-11(8-15)13(17)18/h2-5,11,15H,6-8H2,1H3,(H,14,16)(H,17,18)/t11-/m0/s1. The first-order valence-electron chi connectivity index (χ1n) is 5.72. The maximum Gasteiger partial charge on any atom is 0.328 e. The first kappa shape index (κ1) is 14.2. The van der Waals surface area contributed by atoms with Crippen molar-refractivity contribution in [3.8, 4) is 0 Å². The molecule has 0 saturated carbocycles. The summed E-state index contributed by atoms with van der Waals surface area (Å²) in [4.78, 5) is 22.1. The maximum atomic E-state index is 11.5. The minimum absolute atomic E-state index is 0.203. The quantitative estimate of drug-likeness (QED) is 0.686. The third-order valence-corrected chi connectivity index (χ3v) is 2.70. The molecule has 5 nitrogen and oxygen atoms in total. The van der Waals surface area contributed by atoms with Gasteiger partial charge in [-0.2, -0.15) is 0 Å². The molecule has 0 aliphatic carbocycles. The van der Waals surface area contributed by atoms with Crippen LogP contribution < -0.4 is 5.32 Å². The fourth-order valence-electron chi connectivity index (χ4n) is 1.59. The molecule has 3 N–H and O–H groups in total. The number of hydrogen-bond acceptors (Lipinski definition) is 3. The van der Waals surface area contributed by atoms with E-state index in [1.54, 1.807) is 0 Å². The average molecular weight is 251 g/mol. The normalized spacial score (nSPS) is 11.9. The van der Waals surface area contributed by atoms with Crippen LogP contribution in [0, 0.1) is 6.92 Å². The Morgan fingerprint density at radius 2 is 2.00 bits per heavy atom. The number of carboxylic acid groups (broad SMARTS) is 1. The van der Waals surface area contributed by atoms with Crippen molar-refractivity contribution < 1.29 is 19.8 Å². The summed E-state index contributed by atoms with van der Waals surface area (Å²) in [5.41, 5.74) is 2.16. The van der Waals surface area contributed by atoms with E-state index >= 15 is 0 Å². The number of carbonyl (C=O) groups is 2. The number of aliphatic carboxylic acids is 1. The highest BCUT2D eigenvalue weighted by atomic mass is 16.4. The zero-order chi connectivity index (χ0) is 13.5. The van der Waals surface area contributed by atoms with E-state index in [-0.39, 0.29) is 12.3 Å². The SMILES string of the molecule is Cc1ccccc1CCC(=O)N[C@@H](CO)C(=O)O. The molecule has 1 amide bonds. The Labute approximate surface area is 105 Å². The van der Waals surface area contributed by atoms with Crippen molar-refractivity contribution in [2.24, 2.45) is 0 Å². The van der Waals surface area contributed by atoms with E-state index in [0.717, 1.165) is 11.1 Å². The summed E-state index contributed by atoms with van der Waals surface area (Å²) in [5, 5.41) is 19.7. The molecule has 18 heavy (non-hydrogen) atoms. The highest BCUT2D eigenvalue weighted by Gasteiger charge is 2.18. The van der Waals surface area contributed by atoms with Crippen molar-refractivity contribution in [2.75, 3.05) is 6.61 Å². The number of amides is 1. The predicted octanol–water partition coefficient (Wildman–Crippen LogP) is 0.489. The molecule has 0 aromatic heterocycles. The lowest BCUT2D eigenvalue weighted by molar-refractivity contribution is -0.142. The topological polar surface area (TPSA) is 86.6 Å². The molecule has 0 fully saturated rings. The van der Waals surface area contributed by atoms with Gasteiger partial charge in [0.05, 0.1) is 6.61 Å². The molecular formula is C13H17NO4. The van der Waals surface area contributed by atoms with E-state index in [0.29, 0.717) is 6.42 Å². The van der Waals surface area contributed by atoms with Gasteiger partial charge in [-0.3, -0.25) is 4.79 Å². The molecule has 0 unspecified atom stereocenters. The first-order chi connectivity index (χ1) is 8.54. The second kappa shape index (κ2) is 6.76. The number of aryl methyl sites for hydroxylation is 2. The second-order valence-corrected chi connectivity index (χ2v) is 4.07. The molecule has 1 aromatic carbocycles. The van der Waals surface area contributed by atoms with E-state index in [1.807, 2.05) is 31.2 Å². The van der Waals surface area contributed by atoms with E-state index in [4.69, 9.17) is 10.2 Å². The van der Waals surface area contributed by atoms with Gasteiger partial charge in [-0.15, -0.1) is 0 Å². The predicted molar refractivity (Wildman–Crippen MR) is 66.2 cm³/mol. The van der Waals surface area contributed by atoms with Gasteiger partial charge in [-0.25, -0.2) is 4.79 Å². The number of carbonyl (C=O) groups excluding carboxylic acids is 1. The summed E-state index contributed by atoms with van der Waals surface area (Å²) in [6, 6.07) is 6.48. The van der Waals surface area contributed by atoms with Crippen LogP contribution >= 0.6 is 0 Å². The molecule has 1 atom stereocenters. The van der Waals surface area contributed by atoms with Crippen LogP contribution in [0.5, 0.6) is 0 Å².